The van der Waals surface area contributed by atoms with Crippen LogP contribution < -0.4 is 0 Å². The third kappa shape index (κ3) is 3.65. The summed E-state index contributed by atoms with van der Waals surface area (Å²) in [5, 5.41) is 19.2. The molecule has 0 radical (unpaired) electrons. The molecule has 4 fully saturated rings. The molecule has 0 saturated heterocycles. The van der Waals surface area contributed by atoms with Crippen molar-refractivity contribution in [1.29, 1.82) is 0 Å². The van der Waals surface area contributed by atoms with Crippen molar-refractivity contribution >= 4 is 5.97 Å². The lowest BCUT2D eigenvalue weighted by atomic mass is 9.44. The fourth-order valence-corrected chi connectivity index (χ4v) is 9.35. The van der Waals surface area contributed by atoms with Crippen molar-refractivity contribution in [1.82, 2.24) is 0 Å². The van der Waals surface area contributed by atoms with E-state index in [0.717, 1.165) is 42.4 Å². The Morgan fingerprint density at radius 1 is 1.00 bits per heavy atom. The van der Waals surface area contributed by atoms with Gasteiger partial charge in [-0.3, -0.25) is 0 Å². The molecular weight excluding hydrogens is 372 g/mol. The first-order chi connectivity index (χ1) is 14.1. The highest BCUT2D eigenvalue weighted by molar-refractivity contribution is 5.76. The van der Waals surface area contributed by atoms with Crippen molar-refractivity contribution < 1.29 is 15.0 Å². The first-order valence-corrected chi connectivity index (χ1v) is 13.1. The molecule has 4 aliphatic carbocycles. The summed E-state index contributed by atoms with van der Waals surface area (Å²) in [7, 11) is 0. The molecule has 3 nitrogen and oxygen atoms in total. The lowest BCUT2D eigenvalue weighted by Gasteiger charge is -2.61. The molecule has 0 aromatic heterocycles. The van der Waals surface area contributed by atoms with Crippen LogP contribution in [0.3, 0.4) is 0 Å². The summed E-state index contributed by atoms with van der Waals surface area (Å²) in [5.41, 5.74) is -0.476. The molecule has 4 aliphatic rings. The van der Waals surface area contributed by atoms with Crippen molar-refractivity contribution in [3.8, 4) is 0 Å². The quantitative estimate of drug-likeness (QED) is 0.506. The van der Waals surface area contributed by atoms with E-state index in [9.17, 15) is 15.0 Å². The maximum Gasteiger partial charge on any atom is 0.335 e. The highest BCUT2D eigenvalue weighted by Gasteiger charge is 2.60. The van der Waals surface area contributed by atoms with Gasteiger partial charge < -0.3 is 10.2 Å². The van der Waals surface area contributed by atoms with Crippen LogP contribution in [0, 0.1) is 46.3 Å². The van der Waals surface area contributed by atoms with E-state index in [0.29, 0.717) is 23.2 Å². The van der Waals surface area contributed by atoms with Crippen molar-refractivity contribution in [3.05, 3.63) is 0 Å². The number of carboxylic acids is 1. The molecule has 4 saturated carbocycles. The number of fused-ring (bicyclic) bond motifs is 5. The second kappa shape index (κ2) is 8.09. The number of rotatable bonds is 6. The Hall–Kier alpha value is -0.570. The Morgan fingerprint density at radius 2 is 1.73 bits per heavy atom. The van der Waals surface area contributed by atoms with Gasteiger partial charge in [0.15, 0.2) is 5.60 Å². The molecule has 30 heavy (non-hydrogen) atoms. The molecule has 2 N–H and O–H groups in total. The summed E-state index contributed by atoms with van der Waals surface area (Å²) in [5.74, 6) is 4.13. The number of hydrogen-bond donors (Lipinski definition) is 2. The molecule has 0 aromatic rings. The smallest absolute Gasteiger partial charge is 0.335 e. The normalized spacial score (nSPS) is 46.2. The van der Waals surface area contributed by atoms with E-state index in [2.05, 4.69) is 20.8 Å². The van der Waals surface area contributed by atoms with Gasteiger partial charge >= 0.3 is 5.97 Å². The second-order valence-corrected chi connectivity index (χ2v) is 12.6. The minimum absolute atomic E-state index is 0.365. The number of carbonyl (C=O) groups is 1. The number of hydrogen-bond acceptors (Lipinski definition) is 2. The second-order valence-electron chi connectivity index (χ2n) is 12.6. The molecule has 2 unspecified atom stereocenters. The first kappa shape index (κ1) is 22.6. The van der Waals surface area contributed by atoms with Crippen LogP contribution in [0.1, 0.15) is 111 Å². The van der Waals surface area contributed by atoms with Crippen LogP contribution >= 0.6 is 0 Å². The Labute approximate surface area is 184 Å². The Morgan fingerprint density at radius 3 is 2.47 bits per heavy atom. The average molecular weight is 419 g/mol. The van der Waals surface area contributed by atoms with Gasteiger partial charge in [-0.05, 0) is 117 Å². The molecule has 0 heterocycles. The standard InChI is InChI=1S/C27H46O3/c1-18(8-7-16-27(4,30)24(28)29)21-12-13-22-20-11-10-19-9-5-6-15-25(19,2)23(20)14-17-26(21,22)3/h18-23,30H,5-17H2,1-4H3,(H,28,29)/t18-,19?,20+,21-,22+,23+,25+,26-,27?/m1/s1. The lowest BCUT2D eigenvalue weighted by Crippen LogP contribution is -2.53. The van der Waals surface area contributed by atoms with Gasteiger partial charge in [-0.1, -0.05) is 40.0 Å². The number of carboxylic acid groups (broad SMARTS) is 1. The Kier molecular flexibility index (Phi) is 6.10. The third-order valence-electron chi connectivity index (χ3n) is 11.1. The van der Waals surface area contributed by atoms with E-state index in [1.165, 1.54) is 71.1 Å². The van der Waals surface area contributed by atoms with Gasteiger partial charge in [0.05, 0.1) is 0 Å². The summed E-state index contributed by atoms with van der Waals surface area (Å²) >= 11 is 0. The zero-order valence-corrected chi connectivity index (χ0v) is 20.0. The summed E-state index contributed by atoms with van der Waals surface area (Å²) < 4.78 is 0. The van der Waals surface area contributed by atoms with E-state index in [-0.39, 0.29) is 0 Å². The van der Waals surface area contributed by atoms with E-state index in [1.54, 1.807) is 0 Å². The summed E-state index contributed by atoms with van der Waals surface area (Å²) in [6.45, 7) is 9.13. The summed E-state index contributed by atoms with van der Waals surface area (Å²) in [6.07, 6.45) is 16.7. The molecule has 9 atom stereocenters. The van der Waals surface area contributed by atoms with Crippen LogP contribution in [-0.4, -0.2) is 21.8 Å². The summed E-state index contributed by atoms with van der Waals surface area (Å²) in [6, 6.07) is 0. The summed E-state index contributed by atoms with van der Waals surface area (Å²) in [4.78, 5) is 11.2. The predicted molar refractivity (Wildman–Crippen MR) is 121 cm³/mol. The average Bonchev–Trinajstić information content (AvgIpc) is 3.04. The van der Waals surface area contributed by atoms with Gasteiger partial charge in [-0.2, -0.15) is 0 Å². The molecule has 4 rings (SSSR count). The maximum atomic E-state index is 11.2. The Balaban J connectivity index is 1.42. The van der Waals surface area contributed by atoms with Crippen LogP contribution in [-0.2, 0) is 4.79 Å². The zero-order chi connectivity index (χ0) is 21.7. The third-order valence-corrected chi connectivity index (χ3v) is 11.1. The monoisotopic (exact) mass is 418 g/mol. The van der Waals surface area contributed by atoms with E-state index in [1.807, 2.05) is 0 Å². The van der Waals surface area contributed by atoms with Crippen molar-refractivity contribution in [2.24, 2.45) is 46.3 Å². The largest absolute Gasteiger partial charge is 0.479 e. The molecule has 0 bridgehead atoms. The van der Waals surface area contributed by atoms with Crippen molar-refractivity contribution in [3.63, 3.8) is 0 Å². The minimum atomic E-state index is -1.58. The van der Waals surface area contributed by atoms with Crippen LogP contribution in [0.4, 0.5) is 0 Å². The number of aliphatic carboxylic acids is 1. The molecule has 0 amide bonds. The van der Waals surface area contributed by atoms with Gasteiger partial charge in [0.25, 0.3) is 0 Å². The van der Waals surface area contributed by atoms with Gasteiger partial charge in [-0.15, -0.1) is 0 Å². The highest BCUT2D eigenvalue weighted by Crippen LogP contribution is 2.68. The molecular formula is C27H46O3. The van der Waals surface area contributed by atoms with Crippen LogP contribution in [0.15, 0.2) is 0 Å². The molecule has 3 heteroatoms. The molecule has 172 valence electrons. The molecule has 0 aromatic carbocycles. The topological polar surface area (TPSA) is 57.5 Å². The molecule has 0 spiro atoms. The van der Waals surface area contributed by atoms with Crippen molar-refractivity contribution in [2.75, 3.05) is 0 Å². The maximum absolute atomic E-state index is 11.2. The van der Waals surface area contributed by atoms with E-state index >= 15 is 0 Å². The van der Waals surface area contributed by atoms with E-state index < -0.39 is 11.6 Å². The van der Waals surface area contributed by atoms with Gasteiger partial charge in [0.1, 0.15) is 0 Å². The SMILES string of the molecule is C[C@H](CCCC(C)(O)C(=O)O)[C@H]1CC[C@H]2[C@@H]3CCC4CCCC[C@]4(C)[C@H]3CC[C@]12C. The fourth-order valence-electron chi connectivity index (χ4n) is 9.35. The lowest BCUT2D eigenvalue weighted by molar-refractivity contribution is -0.157. The highest BCUT2D eigenvalue weighted by atomic mass is 16.4. The zero-order valence-electron chi connectivity index (χ0n) is 20.0. The fraction of sp³-hybridized carbons (Fsp3) is 0.963. The Bertz CT molecular complexity index is 642. The molecule has 0 aliphatic heterocycles. The van der Waals surface area contributed by atoms with Crippen LogP contribution in [0.5, 0.6) is 0 Å². The van der Waals surface area contributed by atoms with Gasteiger partial charge in [-0.25, -0.2) is 4.79 Å². The van der Waals surface area contributed by atoms with Gasteiger partial charge in [0, 0.05) is 0 Å². The van der Waals surface area contributed by atoms with Crippen molar-refractivity contribution in [2.45, 2.75) is 117 Å². The predicted octanol–water partition coefficient (Wildman–Crippen LogP) is 6.68. The van der Waals surface area contributed by atoms with Crippen LogP contribution in [0.2, 0.25) is 0 Å². The number of aliphatic hydroxyl groups is 1. The minimum Gasteiger partial charge on any atom is -0.479 e. The first-order valence-electron chi connectivity index (χ1n) is 13.1. The van der Waals surface area contributed by atoms with E-state index in [4.69, 9.17) is 0 Å². The van der Waals surface area contributed by atoms with Crippen LogP contribution in [0.25, 0.3) is 0 Å². The van der Waals surface area contributed by atoms with Gasteiger partial charge in [0.2, 0.25) is 0 Å².